The van der Waals surface area contributed by atoms with E-state index in [2.05, 4.69) is 41.0 Å². The maximum atomic E-state index is 11.7. The summed E-state index contributed by atoms with van der Waals surface area (Å²) < 4.78 is 0. The molecule has 0 saturated carbocycles. The van der Waals surface area contributed by atoms with Crippen molar-refractivity contribution in [3.05, 3.63) is 108 Å². The summed E-state index contributed by atoms with van der Waals surface area (Å²) in [6, 6.07) is 13.5. The standard InChI is InChI=1S/2C13H12N4O2/c2*1-9(10-4-2-3-5-12(10)18)16-17-13(19)11-8-14-6-7-15-11/h2*2-8,18H,1H3,(H,17,19)/b2*16-9+. The third kappa shape index (κ3) is 7.75. The fraction of sp³-hybridized carbons (Fsp3) is 0.0769. The maximum Gasteiger partial charge on any atom is 0.291 e. The molecule has 0 bridgehead atoms. The molecule has 192 valence electrons. The van der Waals surface area contributed by atoms with Crippen molar-refractivity contribution < 1.29 is 19.8 Å². The number of hydrazone groups is 2. The molecule has 12 heteroatoms. The molecule has 12 nitrogen and oxygen atoms in total. The van der Waals surface area contributed by atoms with Crippen LogP contribution in [0.5, 0.6) is 11.5 Å². The quantitative estimate of drug-likeness (QED) is 0.225. The summed E-state index contributed by atoms with van der Waals surface area (Å²) in [5.41, 5.74) is 7.18. The number of rotatable bonds is 6. The molecule has 4 rings (SSSR count). The van der Waals surface area contributed by atoms with Gasteiger partial charge in [-0.05, 0) is 38.1 Å². The van der Waals surface area contributed by atoms with Crippen molar-refractivity contribution in [1.29, 1.82) is 0 Å². The zero-order valence-electron chi connectivity index (χ0n) is 20.5. The van der Waals surface area contributed by atoms with E-state index in [1.165, 1.54) is 37.2 Å². The minimum Gasteiger partial charge on any atom is -0.507 e. The monoisotopic (exact) mass is 512 g/mol. The van der Waals surface area contributed by atoms with Gasteiger partial charge in [0.25, 0.3) is 11.8 Å². The van der Waals surface area contributed by atoms with Crippen molar-refractivity contribution in [1.82, 2.24) is 30.8 Å². The van der Waals surface area contributed by atoms with Crippen LogP contribution in [0.3, 0.4) is 0 Å². The first-order valence-electron chi connectivity index (χ1n) is 11.1. The molecule has 4 N–H and O–H groups in total. The molecule has 0 aliphatic heterocycles. The van der Waals surface area contributed by atoms with Crippen LogP contribution in [0.15, 0.2) is 95.9 Å². The third-order valence-electron chi connectivity index (χ3n) is 4.83. The maximum absolute atomic E-state index is 11.7. The van der Waals surface area contributed by atoms with E-state index in [4.69, 9.17) is 0 Å². The Labute approximate surface area is 217 Å². The molecule has 4 aromatic rings. The second-order valence-electron chi connectivity index (χ2n) is 7.49. The predicted molar refractivity (Wildman–Crippen MR) is 140 cm³/mol. The van der Waals surface area contributed by atoms with Crippen molar-refractivity contribution in [2.45, 2.75) is 13.8 Å². The van der Waals surface area contributed by atoms with E-state index >= 15 is 0 Å². The average Bonchev–Trinajstić information content (AvgIpc) is 2.96. The minimum atomic E-state index is -0.456. The average molecular weight is 513 g/mol. The highest BCUT2D eigenvalue weighted by molar-refractivity contribution is 6.03. The largest absolute Gasteiger partial charge is 0.507 e. The smallest absolute Gasteiger partial charge is 0.291 e. The molecule has 0 unspecified atom stereocenters. The molecule has 0 radical (unpaired) electrons. The van der Waals surface area contributed by atoms with Crippen LogP contribution >= 0.6 is 0 Å². The molecule has 0 aliphatic carbocycles. The Morgan fingerprint density at radius 2 is 1.05 bits per heavy atom. The Kier molecular flexibility index (Phi) is 9.64. The van der Waals surface area contributed by atoms with Gasteiger partial charge in [-0.15, -0.1) is 0 Å². The summed E-state index contributed by atoms with van der Waals surface area (Å²) in [6.07, 6.45) is 8.50. The summed E-state index contributed by atoms with van der Waals surface area (Å²) >= 11 is 0. The molecule has 2 aromatic carbocycles. The third-order valence-corrected chi connectivity index (χ3v) is 4.83. The predicted octanol–water partition coefficient (Wildman–Crippen LogP) is 2.67. The lowest BCUT2D eigenvalue weighted by molar-refractivity contribution is 0.0941. The molecular weight excluding hydrogens is 488 g/mol. The number of phenols is 2. The van der Waals surface area contributed by atoms with Crippen LogP contribution in [-0.2, 0) is 0 Å². The van der Waals surface area contributed by atoms with Gasteiger partial charge in [-0.3, -0.25) is 19.6 Å². The molecule has 2 amide bonds. The molecule has 0 saturated heterocycles. The van der Waals surface area contributed by atoms with Crippen molar-refractivity contribution >= 4 is 23.2 Å². The lowest BCUT2D eigenvalue weighted by atomic mass is 10.1. The summed E-state index contributed by atoms with van der Waals surface area (Å²) in [5.74, 6) is -0.694. The second kappa shape index (κ2) is 13.5. The number of nitrogens with zero attached hydrogens (tertiary/aromatic N) is 6. The van der Waals surface area contributed by atoms with Gasteiger partial charge < -0.3 is 10.2 Å². The number of amides is 2. The molecule has 2 heterocycles. The van der Waals surface area contributed by atoms with Gasteiger partial charge in [0.1, 0.15) is 22.9 Å². The molecule has 38 heavy (non-hydrogen) atoms. The van der Waals surface area contributed by atoms with Crippen LogP contribution in [-0.4, -0.2) is 53.4 Å². The Morgan fingerprint density at radius 3 is 1.39 bits per heavy atom. The van der Waals surface area contributed by atoms with Crippen LogP contribution in [0, 0.1) is 0 Å². The molecule has 0 aliphatic rings. The van der Waals surface area contributed by atoms with E-state index in [0.717, 1.165) is 0 Å². The topological polar surface area (TPSA) is 175 Å². The summed E-state index contributed by atoms with van der Waals surface area (Å²) in [6.45, 7) is 3.37. The molecule has 0 spiro atoms. The van der Waals surface area contributed by atoms with Gasteiger partial charge in [0.2, 0.25) is 0 Å². The van der Waals surface area contributed by atoms with Gasteiger partial charge in [0.05, 0.1) is 23.8 Å². The van der Waals surface area contributed by atoms with E-state index in [9.17, 15) is 19.8 Å². The fourth-order valence-corrected chi connectivity index (χ4v) is 2.90. The highest BCUT2D eigenvalue weighted by atomic mass is 16.3. The summed E-state index contributed by atoms with van der Waals surface area (Å²) in [5, 5.41) is 27.1. The van der Waals surface area contributed by atoms with Gasteiger partial charge in [-0.25, -0.2) is 20.8 Å². The molecule has 2 aromatic heterocycles. The Morgan fingerprint density at radius 1 is 0.658 bits per heavy atom. The second-order valence-corrected chi connectivity index (χ2v) is 7.49. The van der Waals surface area contributed by atoms with Gasteiger partial charge in [0.15, 0.2) is 0 Å². The highest BCUT2D eigenvalue weighted by Gasteiger charge is 2.08. The zero-order valence-corrected chi connectivity index (χ0v) is 20.5. The van der Waals surface area contributed by atoms with Crippen molar-refractivity contribution in [3.8, 4) is 11.5 Å². The minimum absolute atomic E-state index is 0.109. The van der Waals surface area contributed by atoms with Gasteiger partial charge in [0, 0.05) is 35.9 Å². The SMILES string of the molecule is C/C(=N\NC(=O)c1cnccn1)c1ccccc1O.C/C(=N\NC(=O)c1cnccn1)c1ccccc1O. The number of para-hydroxylation sites is 2. The van der Waals surface area contributed by atoms with Gasteiger partial charge in [-0.1, -0.05) is 24.3 Å². The lowest BCUT2D eigenvalue weighted by Gasteiger charge is -2.04. The van der Waals surface area contributed by atoms with E-state index < -0.39 is 11.8 Å². The van der Waals surface area contributed by atoms with Crippen LogP contribution in [0.2, 0.25) is 0 Å². The number of phenolic OH excluding ortho intramolecular Hbond substituents is 2. The fourth-order valence-electron chi connectivity index (χ4n) is 2.90. The Bertz CT molecular complexity index is 1330. The lowest BCUT2D eigenvalue weighted by Crippen LogP contribution is -2.20. The summed E-state index contributed by atoms with van der Waals surface area (Å²) in [7, 11) is 0. The normalized spacial score (nSPS) is 11.1. The van der Waals surface area contributed by atoms with Crippen LogP contribution in [0.1, 0.15) is 46.0 Å². The first kappa shape index (κ1) is 27.1. The van der Waals surface area contributed by atoms with E-state index in [1.807, 2.05) is 0 Å². The van der Waals surface area contributed by atoms with E-state index in [1.54, 1.807) is 62.4 Å². The van der Waals surface area contributed by atoms with Crippen molar-refractivity contribution in [2.75, 3.05) is 0 Å². The van der Waals surface area contributed by atoms with Crippen LogP contribution in [0.4, 0.5) is 0 Å². The molecule has 0 fully saturated rings. The summed E-state index contributed by atoms with van der Waals surface area (Å²) in [4.78, 5) is 38.7. The van der Waals surface area contributed by atoms with E-state index in [0.29, 0.717) is 22.6 Å². The van der Waals surface area contributed by atoms with Crippen LogP contribution in [0.25, 0.3) is 0 Å². The van der Waals surface area contributed by atoms with E-state index in [-0.39, 0.29) is 22.9 Å². The molecule has 0 atom stereocenters. The number of carbonyl (C=O) groups is 2. The number of hydrogen-bond donors (Lipinski definition) is 4. The number of nitrogens with one attached hydrogen (secondary N) is 2. The van der Waals surface area contributed by atoms with Gasteiger partial charge >= 0.3 is 0 Å². The first-order valence-corrected chi connectivity index (χ1v) is 11.1. The van der Waals surface area contributed by atoms with Gasteiger partial charge in [-0.2, -0.15) is 10.2 Å². The number of aromatic nitrogens is 4. The first-order chi connectivity index (χ1) is 18.4. The zero-order chi connectivity index (χ0) is 27.3. The van der Waals surface area contributed by atoms with Crippen molar-refractivity contribution in [3.63, 3.8) is 0 Å². The number of carbonyl (C=O) groups excluding carboxylic acids is 2. The number of hydrogen-bond acceptors (Lipinski definition) is 10. The van der Waals surface area contributed by atoms with Crippen LogP contribution < -0.4 is 10.9 Å². The highest BCUT2D eigenvalue weighted by Crippen LogP contribution is 2.17. The Hall–Kier alpha value is -5.52. The number of benzene rings is 2. The number of aromatic hydroxyl groups is 2. The Balaban J connectivity index is 0.000000211. The van der Waals surface area contributed by atoms with Crippen molar-refractivity contribution in [2.24, 2.45) is 10.2 Å². The molecular formula is C26H24N8O4.